The zero-order valence-corrected chi connectivity index (χ0v) is 14.9. The van der Waals surface area contributed by atoms with Crippen molar-refractivity contribution in [3.63, 3.8) is 0 Å². The Morgan fingerprint density at radius 1 is 1.00 bits per heavy atom. The Morgan fingerprint density at radius 3 is 2.29 bits per heavy atom. The topological polar surface area (TPSA) is 121 Å². The quantitative estimate of drug-likeness (QED) is 0.488. The highest BCUT2D eigenvalue weighted by Crippen LogP contribution is 2.39. The molecule has 0 unspecified atom stereocenters. The van der Waals surface area contributed by atoms with Crippen molar-refractivity contribution in [1.82, 2.24) is 5.32 Å². The van der Waals surface area contributed by atoms with Crippen molar-refractivity contribution in [2.45, 2.75) is 31.4 Å². The van der Waals surface area contributed by atoms with Crippen LogP contribution in [0.15, 0.2) is 42.5 Å². The normalized spacial score (nSPS) is 17.8. The largest absolute Gasteiger partial charge is 0.505 e. The van der Waals surface area contributed by atoms with Gasteiger partial charge in [0.05, 0.1) is 0 Å². The first-order chi connectivity index (χ1) is 13.3. The van der Waals surface area contributed by atoms with Crippen LogP contribution in [0, 0.1) is 5.82 Å². The van der Waals surface area contributed by atoms with Gasteiger partial charge in [-0.15, -0.1) is 0 Å². The molecule has 9 heteroatoms. The van der Waals surface area contributed by atoms with E-state index in [2.05, 4.69) is 19.5 Å². The molecule has 2 aromatic rings. The summed E-state index contributed by atoms with van der Waals surface area (Å²) in [5.41, 5.74) is 1.28. The van der Waals surface area contributed by atoms with Gasteiger partial charge in [-0.05, 0) is 61.7 Å². The van der Waals surface area contributed by atoms with Crippen LogP contribution in [-0.2, 0) is 0 Å². The molecule has 0 saturated carbocycles. The van der Waals surface area contributed by atoms with Crippen LogP contribution in [0.4, 0.5) is 4.39 Å². The number of rotatable bonds is 3. The molecule has 1 saturated heterocycles. The molecular weight excluding hydrogens is 373 g/mol. The highest BCUT2D eigenvalue weighted by Gasteiger charge is 2.38. The zero-order chi connectivity index (χ0) is 20.1. The third-order valence-electron chi connectivity index (χ3n) is 4.32. The van der Waals surface area contributed by atoms with Gasteiger partial charge in [0, 0.05) is 6.07 Å². The van der Waals surface area contributed by atoms with Crippen molar-refractivity contribution in [3.05, 3.63) is 53.8 Å². The van der Waals surface area contributed by atoms with E-state index >= 15 is 0 Å². The minimum atomic E-state index is -2.70. The van der Waals surface area contributed by atoms with E-state index in [0.717, 1.165) is 13.1 Å². The Hall–Kier alpha value is -2.43. The third-order valence-corrected chi connectivity index (χ3v) is 4.32. The van der Waals surface area contributed by atoms with E-state index in [1.54, 1.807) is 12.1 Å². The van der Waals surface area contributed by atoms with Gasteiger partial charge < -0.3 is 29.7 Å². The zero-order valence-electron chi connectivity index (χ0n) is 14.9. The minimum Gasteiger partial charge on any atom is -0.441 e. The second kappa shape index (κ2) is 8.72. The molecule has 1 fully saturated rings. The number of halogens is 1. The van der Waals surface area contributed by atoms with Gasteiger partial charge >= 0.3 is 12.6 Å². The Morgan fingerprint density at radius 2 is 1.64 bits per heavy atom. The molecule has 152 valence electrons. The van der Waals surface area contributed by atoms with Gasteiger partial charge in [-0.1, -0.05) is 12.1 Å². The molecule has 28 heavy (non-hydrogen) atoms. The van der Waals surface area contributed by atoms with Crippen LogP contribution in [0.3, 0.4) is 0 Å². The molecule has 0 aromatic heterocycles. The number of aliphatic hydroxyl groups excluding tert-OH is 1. The Labute approximate surface area is 160 Å². The highest BCUT2D eigenvalue weighted by molar-refractivity contribution is 5.47. The summed E-state index contributed by atoms with van der Waals surface area (Å²) in [5, 5.41) is 38.3. The molecule has 2 heterocycles. The smallest absolute Gasteiger partial charge is 0.441 e. The van der Waals surface area contributed by atoms with Gasteiger partial charge in [0.15, 0.2) is 11.5 Å². The monoisotopic (exact) mass is 395 g/mol. The molecule has 4 rings (SSSR count). The lowest BCUT2D eigenvalue weighted by molar-refractivity contribution is -0.385. The maximum absolute atomic E-state index is 12.6. The molecule has 2 aliphatic rings. The standard InChI is InChI=1S/C11H14FN.C8H8O7/c12-11-3-1-9(2-4-11)10-5-7-13-8-6-10;9-7(10)13-4-1-2-5-6(3-4)15-8(11,12)14-5/h1-4,10,13H,5-8H2;1-3,7,9-12H. The summed E-state index contributed by atoms with van der Waals surface area (Å²) in [6, 6.07) is 10.8. The fraction of sp³-hybridized carbons (Fsp3) is 0.368. The molecule has 0 aliphatic carbocycles. The van der Waals surface area contributed by atoms with Crippen molar-refractivity contribution >= 4 is 0 Å². The molecule has 0 spiro atoms. The number of aliphatic hydroxyl groups is 4. The van der Waals surface area contributed by atoms with Crippen molar-refractivity contribution in [3.8, 4) is 17.2 Å². The second-order valence-electron chi connectivity index (χ2n) is 6.38. The molecule has 5 N–H and O–H groups in total. The summed E-state index contributed by atoms with van der Waals surface area (Å²) in [7, 11) is 0. The van der Waals surface area contributed by atoms with Crippen molar-refractivity contribution in [2.24, 2.45) is 0 Å². The van der Waals surface area contributed by atoms with Gasteiger partial charge in [0.1, 0.15) is 11.6 Å². The number of hydrogen-bond acceptors (Lipinski definition) is 8. The Balaban J connectivity index is 0.000000162. The second-order valence-corrected chi connectivity index (χ2v) is 6.38. The lowest BCUT2D eigenvalue weighted by atomic mass is 9.90. The van der Waals surface area contributed by atoms with Crippen molar-refractivity contribution in [1.29, 1.82) is 0 Å². The van der Waals surface area contributed by atoms with Crippen molar-refractivity contribution < 1.29 is 39.0 Å². The molecular formula is C19H22FNO7. The van der Waals surface area contributed by atoms with Crippen LogP contribution >= 0.6 is 0 Å². The third kappa shape index (κ3) is 5.54. The number of fused-ring (bicyclic) bond motifs is 1. The van der Waals surface area contributed by atoms with Crippen LogP contribution in [0.1, 0.15) is 24.3 Å². The van der Waals surface area contributed by atoms with Gasteiger partial charge in [-0.25, -0.2) is 4.39 Å². The van der Waals surface area contributed by atoms with E-state index < -0.39 is 12.6 Å². The Bertz CT molecular complexity index is 776. The molecule has 2 aromatic carbocycles. The van der Waals surface area contributed by atoms with Gasteiger partial charge in [-0.2, -0.15) is 0 Å². The van der Waals surface area contributed by atoms with E-state index in [1.807, 2.05) is 12.1 Å². The first-order valence-electron chi connectivity index (χ1n) is 8.78. The fourth-order valence-corrected chi connectivity index (χ4v) is 3.05. The highest BCUT2D eigenvalue weighted by atomic mass is 19.1. The van der Waals surface area contributed by atoms with Crippen LogP contribution in [0.2, 0.25) is 0 Å². The lowest BCUT2D eigenvalue weighted by Gasteiger charge is -2.22. The Kier molecular flexibility index (Phi) is 6.32. The summed E-state index contributed by atoms with van der Waals surface area (Å²) in [6.07, 6.45) is -0.351. The van der Waals surface area contributed by atoms with Crippen LogP contribution in [0.5, 0.6) is 17.2 Å². The average Bonchev–Trinajstić information content (AvgIpc) is 2.96. The van der Waals surface area contributed by atoms with Crippen LogP contribution in [-0.4, -0.2) is 46.2 Å². The molecule has 8 nitrogen and oxygen atoms in total. The maximum Gasteiger partial charge on any atom is 0.505 e. The predicted octanol–water partition coefficient (Wildman–Crippen LogP) is 0.993. The van der Waals surface area contributed by atoms with Crippen LogP contribution < -0.4 is 19.5 Å². The number of benzene rings is 2. The van der Waals surface area contributed by atoms with E-state index in [0.29, 0.717) is 5.92 Å². The number of piperidine rings is 1. The van der Waals surface area contributed by atoms with Gasteiger partial charge in [0.2, 0.25) is 0 Å². The van der Waals surface area contributed by atoms with Crippen molar-refractivity contribution in [2.75, 3.05) is 13.1 Å². The number of nitrogens with one attached hydrogen (secondary N) is 1. The minimum absolute atomic E-state index is 0.0261. The summed E-state index contributed by atoms with van der Waals surface area (Å²) in [5.74, 6) is 0.711. The van der Waals surface area contributed by atoms with Crippen LogP contribution in [0.25, 0.3) is 0 Å². The summed E-state index contributed by atoms with van der Waals surface area (Å²) in [6.45, 7) is 0.211. The van der Waals surface area contributed by atoms with E-state index in [-0.39, 0.29) is 23.1 Å². The number of ether oxygens (including phenoxy) is 3. The summed E-state index contributed by atoms with van der Waals surface area (Å²) >= 11 is 0. The molecule has 0 amide bonds. The first-order valence-corrected chi connectivity index (χ1v) is 8.78. The van der Waals surface area contributed by atoms with Gasteiger partial charge in [-0.3, -0.25) is 10.2 Å². The molecule has 2 aliphatic heterocycles. The fourth-order valence-electron chi connectivity index (χ4n) is 3.05. The van der Waals surface area contributed by atoms with E-state index in [4.69, 9.17) is 20.4 Å². The summed E-state index contributed by atoms with van der Waals surface area (Å²) < 4.78 is 26.3. The lowest BCUT2D eigenvalue weighted by Crippen LogP contribution is -2.37. The van der Waals surface area contributed by atoms with E-state index in [9.17, 15) is 4.39 Å². The average molecular weight is 395 g/mol. The number of hydrogen-bond donors (Lipinski definition) is 5. The SMILES string of the molecule is Fc1ccc(C2CCNCC2)cc1.OC(O)Oc1ccc2c(c1)OC(O)(O)O2. The van der Waals surface area contributed by atoms with Gasteiger partial charge in [0.25, 0.3) is 0 Å². The van der Waals surface area contributed by atoms with E-state index in [1.165, 1.54) is 36.6 Å². The first kappa shape index (κ1) is 20.3. The molecule has 0 atom stereocenters. The predicted molar refractivity (Wildman–Crippen MR) is 95.0 cm³/mol. The summed E-state index contributed by atoms with van der Waals surface area (Å²) in [4.78, 5) is 0. The molecule has 0 bridgehead atoms. The maximum atomic E-state index is 12.6. The molecule has 0 radical (unpaired) electrons.